The first kappa shape index (κ1) is 17.9. The normalized spacial score (nSPS) is 12.3. The standard InChI is InChI=1S/C19H15ClFNO4/c1-9(19(25)26)15-10(2)22(21)13-7-8-14(23)17(16(13)15)18(24)11-3-5-12(20)6-4-11/h3-9,23H,1-2H3,(H,25,26). The van der Waals surface area contributed by atoms with Gasteiger partial charge in [0.15, 0.2) is 5.78 Å². The first-order valence-corrected chi connectivity index (χ1v) is 8.18. The molecule has 0 fully saturated rings. The summed E-state index contributed by atoms with van der Waals surface area (Å²) in [6.07, 6.45) is 0. The van der Waals surface area contributed by atoms with Crippen LogP contribution in [-0.4, -0.2) is 26.8 Å². The summed E-state index contributed by atoms with van der Waals surface area (Å²) < 4.78 is 14.6. The van der Waals surface area contributed by atoms with Crippen LogP contribution in [0.3, 0.4) is 0 Å². The molecule has 0 aliphatic carbocycles. The molecule has 1 unspecified atom stereocenters. The number of nitrogens with zero attached hydrogens (tertiary/aromatic N) is 1. The first-order chi connectivity index (χ1) is 12.2. The van der Waals surface area contributed by atoms with Gasteiger partial charge in [0.05, 0.1) is 22.7 Å². The summed E-state index contributed by atoms with van der Waals surface area (Å²) in [6, 6.07) is 8.56. The maximum absolute atomic E-state index is 14.6. The molecule has 7 heteroatoms. The highest BCUT2D eigenvalue weighted by Gasteiger charge is 2.29. The second-order valence-electron chi connectivity index (χ2n) is 6.03. The number of rotatable bonds is 4. The molecule has 3 aromatic rings. The molecule has 0 saturated heterocycles. The van der Waals surface area contributed by atoms with Gasteiger partial charge in [-0.15, -0.1) is 0 Å². The van der Waals surface area contributed by atoms with E-state index in [-0.39, 0.29) is 39.0 Å². The second-order valence-corrected chi connectivity index (χ2v) is 6.47. The van der Waals surface area contributed by atoms with Crippen LogP contribution in [0.15, 0.2) is 36.4 Å². The van der Waals surface area contributed by atoms with E-state index >= 15 is 0 Å². The van der Waals surface area contributed by atoms with E-state index in [0.717, 1.165) is 0 Å². The third-order valence-corrected chi connectivity index (χ3v) is 4.72. The Labute approximate surface area is 153 Å². The Morgan fingerprint density at radius 1 is 1.15 bits per heavy atom. The number of carboxylic acids is 1. The third kappa shape index (κ3) is 2.72. The van der Waals surface area contributed by atoms with Crippen molar-refractivity contribution in [1.82, 2.24) is 4.79 Å². The predicted octanol–water partition coefficient (Wildman–Crippen LogP) is 4.46. The number of phenols is 1. The van der Waals surface area contributed by atoms with Gasteiger partial charge >= 0.3 is 5.97 Å². The van der Waals surface area contributed by atoms with Gasteiger partial charge < -0.3 is 10.2 Å². The van der Waals surface area contributed by atoms with Crippen molar-refractivity contribution in [2.45, 2.75) is 19.8 Å². The number of benzene rings is 2. The topological polar surface area (TPSA) is 79.5 Å². The van der Waals surface area contributed by atoms with Crippen molar-refractivity contribution in [3.8, 4) is 5.75 Å². The monoisotopic (exact) mass is 375 g/mol. The van der Waals surface area contributed by atoms with E-state index in [9.17, 15) is 24.3 Å². The predicted molar refractivity (Wildman–Crippen MR) is 95.8 cm³/mol. The zero-order valence-corrected chi connectivity index (χ0v) is 14.7. The molecule has 26 heavy (non-hydrogen) atoms. The smallest absolute Gasteiger partial charge is 0.310 e. The molecule has 0 saturated carbocycles. The van der Waals surface area contributed by atoms with Crippen LogP contribution in [0.5, 0.6) is 5.75 Å². The van der Waals surface area contributed by atoms with Gasteiger partial charge in [0.1, 0.15) is 5.75 Å². The number of halogens is 2. The molecule has 0 radical (unpaired) electrons. The van der Waals surface area contributed by atoms with E-state index in [0.29, 0.717) is 9.81 Å². The summed E-state index contributed by atoms with van der Waals surface area (Å²) in [7, 11) is 0. The maximum atomic E-state index is 14.6. The summed E-state index contributed by atoms with van der Waals surface area (Å²) in [4.78, 5) is 24.8. The molecule has 1 atom stereocenters. The zero-order chi connectivity index (χ0) is 19.2. The molecule has 0 aliphatic heterocycles. The lowest BCUT2D eigenvalue weighted by Gasteiger charge is -2.11. The van der Waals surface area contributed by atoms with E-state index in [1.54, 1.807) is 0 Å². The number of carboxylic acid groups (broad SMARTS) is 1. The Morgan fingerprint density at radius 3 is 2.35 bits per heavy atom. The van der Waals surface area contributed by atoms with Crippen molar-refractivity contribution in [2.75, 3.05) is 0 Å². The molecule has 0 bridgehead atoms. The SMILES string of the molecule is Cc1c(C(C)C(=O)O)c2c(C(=O)c3ccc(Cl)cc3)c(O)ccc2n1F. The number of hydrogen-bond acceptors (Lipinski definition) is 3. The van der Waals surface area contributed by atoms with Crippen LogP contribution >= 0.6 is 11.6 Å². The lowest BCUT2D eigenvalue weighted by atomic mass is 9.91. The lowest BCUT2D eigenvalue weighted by molar-refractivity contribution is -0.138. The molecule has 2 aromatic carbocycles. The molecule has 0 spiro atoms. The van der Waals surface area contributed by atoms with E-state index in [1.807, 2.05) is 0 Å². The fourth-order valence-corrected chi connectivity index (χ4v) is 3.24. The zero-order valence-electron chi connectivity index (χ0n) is 14.0. The number of ketones is 1. The Balaban J connectivity index is 2.36. The highest BCUT2D eigenvalue weighted by atomic mass is 35.5. The van der Waals surface area contributed by atoms with Crippen LogP contribution in [0.1, 0.15) is 40.0 Å². The molecule has 1 heterocycles. The maximum Gasteiger partial charge on any atom is 0.310 e. The molecule has 2 N–H and O–H groups in total. The van der Waals surface area contributed by atoms with Gasteiger partial charge in [-0.2, -0.15) is 4.79 Å². The van der Waals surface area contributed by atoms with Gasteiger partial charge in [-0.3, -0.25) is 9.59 Å². The van der Waals surface area contributed by atoms with Crippen LogP contribution < -0.4 is 0 Å². The minimum absolute atomic E-state index is 0.0284. The van der Waals surface area contributed by atoms with Crippen LogP contribution in [-0.2, 0) is 4.79 Å². The summed E-state index contributed by atoms with van der Waals surface area (Å²) in [5.41, 5.74) is 0.373. The Bertz CT molecular complexity index is 1040. The van der Waals surface area contributed by atoms with E-state index in [4.69, 9.17) is 11.6 Å². The van der Waals surface area contributed by atoms with Crippen molar-refractivity contribution in [3.63, 3.8) is 0 Å². The lowest BCUT2D eigenvalue weighted by Crippen LogP contribution is -2.10. The summed E-state index contributed by atoms with van der Waals surface area (Å²) in [5.74, 6) is -3.11. The van der Waals surface area contributed by atoms with Gasteiger partial charge in [0, 0.05) is 16.0 Å². The molecule has 3 rings (SSSR count). The Morgan fingerprint density at radius 2 is 1.77 bits per heavy atom. The summed E-state index contributed by atoms with van der Waals surface area (Å²) >= 11 is 5.84. The highest BCUT2D eigenvalue weighted by Crippen LogP contribution is 2.39. The minimum Gasteiger partial charge on any atom is -0.507 e. The molecule has 134 valence electrons. The molecular weight excluding hydrogens is 361 g/mol. The first-order valence-electron chi connectivity index (χ1n) is 7.80. The number of aliphatic carboxylic acids is 1. The molecule has 5 nitrogen and oxygen atoms in total. The van der Waals surface area contributed by atoms with E-state index < -0.39 is 17.7 Å². The van der Waals surface area contributed by atoms with Crippen molar-refractivity contribution < 1.29 is 24.3 Å². The van der Waals surface area contributed by atoms with Crippen molar-refractivity contribution in [3.05, 3.63) is 63.8 Å². The van der Waals surface area contributed by atoms with E-state index in [1.165, 1.54) is 50.2 Å². The fourth-order valence-electron chi connectivity index (χ4n) is 3.11. The van der Waals surface area contributed by atoms with Crippen LogP contribution in [0.4, 0.5) is 4.48 Å². The number of carbonyl (C=O) groups excluding carboxylic acids is 1. The number of hydrogen-bond donors (Lipinski definition) is 2. The average Bonchev–Trinajstić information content (AvgIpc) is 2.85. The number of fused-ring (bicyclic) bond motifs is 1. The van der Waals surface area contributed by atoms with Gasteiger partial charge in [-0.25, -0.2) is 0 Å². The number of carbonyl (C=O) groups is 2. The fraction of sp³-hybridized carbons (Fsp3) is 0.158. The van der Waals surface area contributed by atoms with Gasteiger partial charge in [0.2, 0.25) is 0 Å². The second kappa shape index (κ2) is 6.46. The highest BCUT2D eigenvalue weighted by molar-refractivity contribution is 6.30. The quantitative estimate of drug-likeness (QED) is 0.660. The van der Waals surface area contributed by atoms with Crippen molar-refractivity contribution in [1.29, 1.82) is 0 Å². The van der Waals surface area contributed by atoms with Gasteiger partial charge in [-0.1, -0.05) is 16.1 Å². The molecule has 1 aromatic heterocycles. The third-order valence-electron chi connectivity index (χ3n) is 4.46. The van der Waals surface area contributed by atoms with Crippen LogP contribution in [0.2, 0.25) is 5.02 Å². The number of phenolic OH excluding ortho intramolecular Hbond substituents is 1. The Kier molecular flexibility index (Phi) is 4.46. The molecule has 0 aliphatic rings. The van der Waals surface area contributed by atoms with Crippen molar-refractivity contribution >= 4 is 34.3 Å². The van der Waals surface area contributed by atoms with Gasteiger partial charge in [0.25, 0.3) is 0 Å². The molecule has 0 amide bonds. The van der Waals surface area contributed by atoms with Crippen LogP contribution in [0, 0.1) is 6.92 Å². The number of aromatic hydroxyl groups is 1. The summed E-state index contributed by atoms with van der Waals surface area (Å²) in [6.45, 7) is 2.84. The summed E-state index contributed by atoms with van der Waals surface area (Å²) in [5, 5.41) is 20.2. The molecular formula is C19H15ClFNO4. The van der Waals surface area contributed by atoms with E-state index in [2.05, 4.69) is 0 Å². The minimum atomic E-state index is -1.16. The van der Waals surface area contributed by atoms with Gasteiger partial charge in [-0.05, 0) is 55.8 Å². The van der Waals surface area contributed by atoms with Crippen molar-refractivity contribution in [2.24, 2.45) is 0 Å². The Hall–Kier alpha value is -2.86. The largest absolute Gasteiger partial charge is 0.507 e. The van der Waals surface area contributed by atoms with Crippen LogP contribution in [0.25, 0.3) is 10.9 Å². The number of aromatic nitrogens is 1. The average molecular weight is 376 g/mol.